The van der Waals surface area contributed by atoms with E-state index in [2.05, 4.69) is 25.0 Å². The number of H-pyrrole nitrogens is 1. The van der Waals surface area contributed by atoms with Crippen molar-refractivity contribution in [2.75, 3.05) is 18.5 Å². The number of nitrogens with zero attached hydrogens (tertiary/aromatic N) is 7. The third-order valence-corrected chi connectivity index (χ3v) is 6.74. The summed E-state index contributed by atoms with van der Waals surface area (Å²) < 4.78 is 28.1. The molecule has 14 heteroatoms. The van der Waals surface area contributed by atoms with Gasteiger partial charge in [-0.05, 0) is 25.1 Å². The number of hydrogen-bond donors (Lipinski definition) is 2. The normalized spacial score (nSPS) is 11.9. The highest BCUT2D eigenvalue weighted by atomic mass is 32.2. The SMILES string of the molecule is C/C(=N\NS(=O)(=O)c1cc([N+](=O)[O-])ccc1N(C)CCc1cnc[nH]1)c1cnn2ccc(C#N)cc12. The van der Waals surface area contributed by atoms with Gasteiger partial charge in [0.15, 0.2) is 0 Å². The first kappa shape index (κ1) is 24.4. The molecular weight excluding hydrogens is 486 g/mol. The number of rotatable bonds is 9. The largest absolute Gasteiger partial charge is 0.373 e. The van der Waals surface area contributed by atoms with Crippen molar-refractivity contribution in [1.29, 1.82) is 5.26 Å². The summed E-state index contributed by atoms with van der Waals surface area (Å²) in [5.41, 5.74) is 2.57. The molecule has 3 aromatic heterocycles. The van der Waals surface area contributed by atoms with E-state index >= 15 is 0 Å². The number of anilines is 1. The molecule has 0 spiro atoms. The number of aromatic amines is 1. The monoisotopic (exact) mass is 507 g/mol. The van der Waals surface area contributed by atoms with Gasteiger partial charge < -0.3 is 9.88 Å². The lowest BCUT2D eigenvalue weighted by Gasteiger charge is -2.22. The first-order valence-corrected chi connectivity index (χ1v) is 12.1. The Morgan fingerprint density at radius 3 is 2.83 bits per heavy atom. The Kier molecular flexibility index (Phi) is 6.66. The minimum atomic E-state index is -4.30. The van der Waals surface area contributed by atoms with Crippen molar-refractivity contribution >= 4 is 32.6 Å². The van der Waals surface area contributed by atoms with Gasteiger partial charge >= 0.3 is 0 Å². The van der Waals surface area contributed by atoms with Gasteiger partial charge in [0.25, 0.3) is 15.7 Å². The number of fused-ring (bicyclic) bond motifs is 1. The molecule has 0 bridgehead atoms. The zero-order valence-electron chi connectivity index (χ0n) is 19.3. The molecule has 0 saturated heterocycles. The smallest absolute Gasteiger partial charge is 0.278 e. The number of nitro benzene ring substituents is 1. The van der Waals surface area contributed by atoms with Gasteiger partial charge in [-0.3, -0.25) is 10.1 Å². The molecule has 0 radical (unpaired) electrons. The fraction of sp³-hybridized carbons (Fsp3) is 0.182. The number of hydrogen-bond acceptors (Lipinski definition) is 9. The van der Waals surface area contributed by atoms with Gasteiger partial charge in [-0.2, -0.15) is 28.7 Å². The van der Waals surface area contributed by atoms with Crippen LogP contribution in [0, 0.1) is 21.4 Å². The number of nitrogens with one attached hydrogen (secondary N) is 2. The van der Waals surface area contributed by atoms with Crippen LogP contribution in [0.2, 0.25) is 0 Å². The average Bonchev–Trinajstić information content (AvgIpc) is 3.55. The third kappa shape index (κ3) is 5.00. The van der Waals surface area contributed by atoms with E-state index in [-0.39, 0.29) is 16.3 Å². The van der Waals surface area contributed by atoms with E-state index in [1.807, 2.05) is 6.07 Å². The van der Waals surface area contributed by atoms with Gasteiger partial charge in [0.05, 0.1) is 46.0 Å². The van der Waals surface area contributed by atoms with Crippen LogP contribution in [-0.4, -0.2) is 52.2 Å². The minimum absolute atomic E-state index is 0.273. The number of non-ortho nitro benzene ring substituents is 1. The van der Waals surface area contributed by atoms with Crippen LogP contribution in [0.3, 0.4) is 0 Å². The van der Waals surface area contributed by atoms with E-state index in [4.69, 9.17) is 5.26 Å². The van der Waals surface area contributed by atoms with Crippen molar-refractivity contribution in [2.45, 2.75) is 18.2 Å². The second kappa shape index (κ2) is 9.84. The van der Waals surface area contributed by atoms with Gasteiger partial charge in [-0.1, -0.05) is 0 Å². The van der Waals surface area contributed by atoms with Gasteiger partial charge in [0.2, 0.25) is 0 Å². The zero-order chi connectivity index (χ0) is 25.9. The van der Waals surface area contributed by atoms with E-state index in [0.717, 1.165) is 11.8 Å². The Labute approximate surface area is 205 Å². The predicted octanol–water partition coefficient (Wildman–Crippen LogP) is 2.22. The van der Waals surface area contributed by atoms with E-state index in [1.54, 1.807) is 49.7 Å². The molecule has 0 unspecified atom stereocenters. The van der Waals surface area contributed by atoms with E-state index in [0.29, 0.717) is 35.3 Å². The maximum Gasteiger partial charge on any atom is 0.278 e. The Balaban J connectivity index is 1.65. The summed E-state index contributed by atoms with van der Waals surface area (Å²) in [5, 5.41) is 28.7. The molecule has 1 aromatic carbocycles. The highest BCUT2D eigenvalue weighted by Gasteiger charge is 2.24. The number of imidazole rings is 1. The van der Waals surface area contributed by atoms with Gasteiger partial charge in [-0.25, -0.2) is 9.50 Å². The molecule has 0 fully saturated rings. The second-order valence-corrected chi connectivity index (χ2v) is 9.49. The summed E-state index contributed by atoms with van der Waals surface area (Å²) in [5.74, 6) is 0. The maximum absolute atomic E-state index is 13.3. The topological polar surface area (TPSA) is 175 Å². The summed E-state index contributed by atoms with van der Waals surface area (Å²) in [6.07, 6.45) is 6.89. The predicted molar refractivity (Wildman–Crippen MR) is 131 cm³/mol. The molecule has 0 aliphatic heterocycles. The Hall–Kier alpha value is -4.77. The van der Waals surface area contributed by atoms with E-state index in [1.165, 1.54) is 22.8 Å². The zero-order valence-corrected chi connectivity index (χ0v) is 20.1. The van der Waals surface area contributed by atoms with Crippen molar-refractivity contribution in [3.05, 3.63) is 82.2 Å². The molecule has 184 valence electrons. The first-order chi connectivity index (χ1) is 17.2. The molecule has 0 aliphatic rings. The lowest BCUT2D eigenvalue weighted by atomic mass is 10.1. The number of benzene rings is 1. The highest BCUT2D eigenvalue weighted by molar-refractivity contribution is 7.89. The Morgan fingerprint density at radius 1 is 1.33 bits per heavy atom. The molecule has 2 N–H and O–H groups in total. The number of pyridine rings is 1. The van der Waals surface area contributed by atoms with Crippen molar-refractivity contribution in [3.63, 3.8) is 0 Å². The summed E-state index contributed by atoms with van der Waals surface area (Å²) in [6, 6.07) is 8.91. The number of nitro groups is 1. The third-order valence-electron chi connectivity index (χ3n) is 5.50. The van der Waals surface area contributed by atoms with Crippen LogP contribution in [0.4, 0.5) is 11.4 Å². The fourth-order valence-corrected chi connectivity index (χ4v) is 4.67. The molecule has 0 amide bonds. The summed E-state index contributed by atoms with van der Waals surface area (Å²) in [4.78, 5) is 21.2. The molecule has 13 nitrogen and oxygen atoms in total. The molecule has 4 aromatic rings. The van der Waals surface area contributed by atoms with Gasteiger partial charge in [0.1, 0.15) is 4.90 Å². The molecule has 4 rings (SSSR count). The lowest BCUT2D eigenvalue weighted by molar-refractivity contribution is -0.385. The van der Waals surface area contributed by atoms with E-state index < -0.39 is 14.9 Å². The van der Waals surface area contributed by atoms with Crippen LogP contribution < -0.4 is 9.73 Å². The number of hydrazone groups is 1. The maximum atomic E-state index is 13.3. The highest BCUT2D eigenvalue weighted by Crippen LogP contribution is 2.29. The van der Waals surface area contributed by atoms with Crippen LogP contribution in [-0.2, 0) is 16.4 Å². The summed E-state index contributed by atoms with van der Waals surface area (Å²) >= 11 is 0. The lowest BCUT2D eigenvalue weighted by Crippen LogP contribution is -2.26. The number of nitriles is 1. The Morgan fingerprint density at radius 2 is 2.14 bits per heavy atom. The summed E-state index contributed by atoms with van der Waals surface area (Å²) in [7, 11) is -2.61. The molecular formula is C22H21N9O4S. The summed E-state index contributed by atoms with van der Waals surface area (Å²) in [6.45, 7) is 2.01. The standard InChI is InChI=1S/C22H21N9O4S/c1-15(19-13-26-30-8-5-16(11-23)9-21(19)30)27-28-36(34,35)22-10-18(31(32)33)3-4-20(22)29(2)7-6-17-12-24-14-25-17/h3-5,8-10,12-14,28H,6-7H2,1-2H3,(H,24,25)/b27-15+. The average molecular weight is 508 g/mol. The minimum Gasteiger partial charge on any atom is -0.373 e. The number of aromatic nitrogens is 4. The first-order valence-electron chi connectivity index (χ1n) is 10.6. The van der Waals surface area contributed by atoms with Crippen LogP contribution in [0.25, 0.3) is 5.52 Å². The van der Waals surface area contributed by atoms with Crippen LogP contribution in [0.15, 0.2) is 65.2 Å². The van der Waals surface area contributed by atoms with Gasteiger partial charge in [0, 0.05) is 55.8 Å². The van der Waals surface area contributed by atoms with Crippen molar-refractivity contribution in [3.8, 4) is 6.07 Å². The van der Waals surface area contributed by atoms with Crippen LogP contribution >= 0.6 is 0 Å². The Bertz CT molecular complexity index is 1600. The quantitative estimate of drug-likeness (QED) is 0.197. The molecule has 36 heavy (non-hydrogen) atoms. The van der Waals surface area contributed by atoms with Crippen molar-refractivity contribution in [1.82, 2.24) is 24.4 Å². The van der Waals surface area contributed by atoms with Crippen molar-refractivity contribution < 1.29 is 13.3 Å². The number of sulfonamides is 1. The van der Waals surface area contributed by atoms with Crippen LogP contribution in [0.1, 0.15) is 23.7 Å². The van der Waals surface area contributed by atoms with E-state index in [9.17, 15) is 18.5 Å². The molecule has 0 atom stereocenters. The fourth-order valence-electron chi connectivity index (χ4n) is 3.54. The number of likely N-dealkylation sites (N-methyl/N-ethyl adjacent to an activating group) is 1. The van der Waals surface area contributed by atoms with Crippen LogP contribution in [0.5, 0.6) is 0 Å². The van der Waals surface area contributed by atoms with Crippen molar-refractivity contribution in [2.24, 2.45) is 5.10 Å². The van der Waals surface area contributed by atoms with Gasteiger partial charge in [-0.15, -0.1) is 0 Å². The second-order valence-electron chi connectivity index (χ2n) is 7.86. The molecule has 0 saturated carbocycles. The molecule has 0 aliphatic carbocycles. The molecule has 3 heterocycles.